The first kappa shape index (κ1) is 12.4. The minimum Gasteiger partial charge on any atom is -0.481 e. The number of carboxylic acids is 1. The second-order valence-electron chi connectivity index (χ2n) is 3.58. The molecule has 1 rings (SSSR count). The first-order valence-corrected chi connectivity index (χ1v) is 4.92. The number of benzene rings is 1. The van der Waals surface area contributed by atoms with E-state index < -0.39 is 23.5 Å². The molecule has 0 radical (unpaired) electrons. The van der Waals surface area contributed by atoms with Gasteiger partial charge in [0.25, 0.3) is 0 Å². The maximum atomic E-state index is 13.1. The van der Waals surface area contributed by atoms with E-state index in [1.54, 1.807) is 6.92 Å². The van der Waals surface area contributed by atoms with E-state index in [0.717, 1.165) is 12.1 Å². The van der Waals surface area contributed by atoms with Crippen molar-refractivity contribution in [3.05, 3.63) is 29.8 Å². The first-order valence-electron chi connectivity index (χ1n) is 4.92. The van der Waals surface area contributed by atoms with E-state index in [4.69, 9.17) is 5.11 Å². The molecule has 88 valence electrons. The van der Waals surface area contributed by atoms with Crippen molar-refractivity contribution >= 4 is 11.7 Å². The summed E-state index contributed by atoms with van der Waals surface area (Å²) in [4.78, 5) is 10.5. The van der Waals surface area contributed by atoms with E-state index >= 15 is 0 Å². The highest BCUT2D eigenvalue weighted by atomic mass is 19.1. The molecule has 2 N–H and O–H groups in total. The average Bonchev–Trinajstić information content (AvgIpc) is 2.20. The molecular formula is C11H13F2NO2. The zero-order valence-electron chi connectivity index (χ0n) is 8.84. The van der Waals surface area contributed by atoms with Gasteiger partial charge in [0.05, 0.1) is 11.6 Å². The SMILES string of the molecule is CC(CCNc1ccc(F)cc1F)C(=O)O. The molecule has 5 heteroatoms. The molecule has 0 bridgehead atoms. The number of rotatable bonds is 5. The van der Waals surface area contributed by atoms with E-state index in [1.807, 2.05) is 0 Å². The Balaban J connectivity index is 2.46. The summed E-state index contributed by atoms with van der Waals surface area (Å²) in [5.74, 6) is -2.69. The highest BCUT2D eigenvalue weighted by Crippen LogP contribution is 2.15. The summed E-state index contributed by atoms with van der Waals surface area (Å²) in [6.45, 7) is 1.90. The lowest BCUT2D eigenvalue weighted by Gasteiger charge is -2.09. The number of hydrogen-bond donors (Lipinski definition) is 2. The van der Waals surface area contributed by atoms with Gasteiger partial charge in [0.2, 0.25) is 0 Å². The monoisotopic (exact) mass is 229 g/mol. The topological polar surface area (TPSA) is 49.3 Å². The molecule has 1 atom stereocenters. The summed E-state index contributed by atoms with van der Waals surface area (Å²) in [6.07, 6.45) is 0.381. The molecule has 1 unspecified atom stereocenters. The van der Waals surface area contributed by atoms with Crippen LogP contribution in [0.5, 0.6) is 0 Å². The van der Waals surface area contributed by atoms with E-state index in [2.05, 4.69) is 5.32 Å². The Morgan fingerprint density at radius 2 is 2.19 bits per heavy atom. The summed E-state index contributed by atoms with van der Waals surface area (Å²) in [5.41, 5.74) is 0.180. The fourth-order valence-corrected chi connectivity index (χ4v) is 1.18. The van der Waals surface area contributed by atoms with Gasteiger partial charge in [-0.05, 0) is 18.6 Å². The standard InChI is InChI=1S/C11H13F2NO2/c1-7(11(15)16)4-5-14-10-3-2-8(12)6-9(10)13/h2-3,6-7,14H,4-5H2,1H3,(H,15,16). The summed E-state index contributed by atoms with van der Waals surface area (Å²) in [5, 5.41) is 11.3. The first-order chi connectivity index (χ1) is 7.50. The van der Waals surface area contributed by atoms with Crippen LogP contribution in [0.25, 0.3) is 0 Å². The highest BCUT2D eigenvalue weighted by Gasteiger charge is 2.10. The van der Waals surface area contributed by atoms with Crippen LogP contribution in [-0.4, -0.2) is 17.6 Å². The zero-order chi connectivity index (χ0) is 12.1. The second-order valence-corrected chi connectivity index (χ2v) is 3.58. The van der Waals surface area contributed by atoms with Crippen molar-refractivity contribution in [2.24, 2.45) is 5.92 Å². The molecule has 0 saturated carbocycles. The third-order valence-corrected chi connectivity index (χ3v) is 2.25. The van der Waals surface area contributed by atoms with E-state index in [9.17, 15) is 13.6 Å². The summed E-state index contributed by atoms with van der Waals surface area (Å²) >= 11 is 0. The number of nitrogens with one attached hydrogen (secondary N) is 1. The van der Waals surface area contributed by atoms with Gasteiger partial charge in [-0.1, -0.05) is 6.92 Å². The minimum absolute atomic E-state index is 0.180. The van der Waals surface area contributed by atoms with E-state index in [1.165, 1.54) is 6.07 Å². The van der Waals surface area contributed by atoms with Gasteiger partial charge in [0.1, 0.15) is 11.6 Å². The molecule has 0 aliphatic heterocycles. The van der Waals surface area contributed by atoms with Crippen LogP contribution in [-0.2, 0) is 4.79 Å². The Bertz CT molecular complexity index is 382. The van der Waals surface area contributed by atoms with Crippen molar-refractivity contribution in [3.8, 4) is 0 Å². The summed E-state index contributed by atoms with van der Waals surface area (Å²) < 4.78 is 25.7. The van der Waals surface area contributed by atoms with Gasteiger partial charge >= 0.3 is 5.97 Å². The molecule has 0 aliphatic rings. The van der Waals surface area contributed by atoms with Crippen LogP contribution in [0.1, 0.15) is 13.3 Å². The Labute approximate surface area is 92.1 Å². The van der Waals surface area contributed by atoms with Crippen LogP contribution in [0, 0.1) is 17.6 Å². The van der Waals surface area contributed by atoms with Crippen LogP contribution in [0.15, 0.2) is 18.2 Å². The molecule has 0 aliphatic carbocycles. The van der Waals surface area contributed by atoms with E-state index in [-0.39, 0.29) is 5.69 Å². The smallest absolute Gasteiger partial charge is 0.306 e. The third-order valence-electron chi connectivity index (χ3n) is 2.25. The van der Waals surface area contributed by atoms with Crippen LogP contribution in [0.3, 0.4) is 0 Å². The van der Waals surface area contributed by atoms with Gasteiger partial charge in [-0.2, -0.15) is 0 Å². The number of carbonyl (C=O) groups is 1. The minimum atomic E-state index is -0.888. The molecule has 0 fully saturated rings. The number of halogens is 2. The molecule has 0 saturated heterocycles. The normalized spacial score (nSPS) is 12.2. The molecule has 0 amide bonds. The fraction of sp³-hybridized carbons (Fsp3) is 0.364. The molecule has 0 aromatic heterocycles. The predicted octanol–water partition coefficient (Wildman–Crippen LogP) is 2.49. The van der Waals surface area contributed by atoms with Gasteiger partial charge < -0.3 is 10.4 Å². The fourth-order valence-electron chi connectivity index (χ4n) is 1.18. The summed E-state index contributed by atoms with van der Waals surface area (Å²) in [7, 11) is 0. The maximum Gasteiger partial charge on any atom is 0.306 e. The highest BCUT2D eigenvalue weighted by molar-refractivity contribution is 5.69. The Kier molecular flexibility index (Phi) is 4.22. The van der Waals surface area contributed by atoms with Crippen LogP contribution in [0.2, 0.25) is 0 Å². The molecule has 1 aromatic carbocycles. The lowest BCUT2D eigenvalue weighted by Crippen LogP contribution is -2.14. The summed E-state index contributed by atoms with van der Waals surface area (Å²) in [6, 6.07) is 3.21. The maximum absolute atomic E-state index is 13.1. The molecule has 1 aromatic rings. The quantitative estimate of drug-likeness (QED) is 0.815. The second kappa shape index (κ2) is 5.44. The van der Waals surface area contributed by atoms with Crippen molar-refractivity contribution in [3.63, 3.8) is 0 Å². The zero-order valence-corrected chi connectivity index (χ0v) is 8.84. The van der Waals surface area contributed by atoms with Crippen LogP contribution in [0.4, 0.5) is 14.5 Å². The molecule has 0 heterocycles. The number of aliphatic carboxylic acids is 1. The van der Waals surface area contributed by atoms with Gasteiger partial charge in [-0.15, -0.1) is 0 Å². The van der Waals surface area contributed by atoms with Gasteiger partial charge in [0.15, 0.2) is 0 Å². The Morgan fingerprint density at radius 3 is 2.75 bits per heavy atom. The van der Waals surface area contributed by atoms with Gasteiger partial charge in [-0.3, -0.25) is 4.79 Å². The number of hydrogen-bond acceptors (Lipinski definition) is 2. The molecule has 16 heavy (non-hydrogen) atoms. The third kappa shape index (κ3) is 3.49. The largest absolute Gasteiger partial charge is 0.481 e. The lowest BCUT2D eigenvalue weighted by atomic mass is 10.1. The number of carboxylic acid groups (broad SMARTS) is 1. The molecule has 3 nitrogen and oxygen atoms in total. The Morgan fingerprint density at radius 1 is 1.50 bits per heavy atom. The van der Waals surface area contributed by atoms with Gasteiger partial charge in [0, 0.05) is 12.6 Å². The van der Waals surface area contributed by atoms with Gasteiger partial charge in [-0.25, -0.2) is 8.78 Å². The molecular weight excluding hydrogens is 216 g/mol. The number of anilines is 1. The van der Waals surface area contributed by atoms with Crippen molar-refractivity contribution in [1.82, 2.24) is 0 Å². The predicted molar refractivity (Wildman–Crippen MR) is 56.3 cm³/mol. The van der Waals surface area contributed by atoms with Crippen LogP contribution >= 0.6 is 0 Å². The van der Waals surface area contributed by atoms with Crippen molar-refractivity contribution in [2.75, 3.05) is 11.9 Å². The lowest BCUT2D eigenvalue weighted by molar-refractivity contribution is -0.141. The van der Waals surface area contributed by atoms with Crippen molar-refractivity contribution in [1.29, 1.82) is 0 Å². The van der Waals surface area contributed by atoms with Crippen molar-refractivity contribution < 1.29 is 18.7 Å². The van der Waals surface area contributed by atoms with E-state index in [0.29, 0.717) is 13.0 Å². The average molecular weight is 229 g/mol. The van der Waals surface area contributed by atoms with Crippen LogP contribution < -0.4 is 5.32 Å². The molecule has 0 spiro atoms. The van der Waals surface area contributed by atoms with Crippen molar-refractivity contribution in [2.45, 2.75) is 13.3 Å². The Hall–Kier alpha value is -1.65.